The van der Waals surface area contributed by atoms with E-state index in [0.717, 1.165) is 62.5 Å². The minimum atomic E-state index is -0.272. The van der Waals surface area contributed by atoms with Crippen molar-refractivity contribution in [3.05, 3.63) is 39.3 Å². The molecule has 2 aromatic heterocycles. The third-order valence-corrected chi connectivity index (χ3v) is 7.43. The highest BCUT2D eigenvalue weighted by molar-refractivity contribution is 7.10. The van der Waals surface area contributed by atoms with Crippen LogP contribution in [0, 0.1) is 13.8 Å². The van der Waals surface area contributed by atoms with Crippen LogP contribution in [0.2, 0.25) is 0 Å². The Balaban J connectivity index is 1.45. The fraction of sp³-hybridized carbons (Fsp3) is 0.636. The van der Waals surface area contributed by atoms with Gasteiger partial charge in [0, 0.05) is 42.8 Å². The standard InChI is InChI=1S/C22H32N4O2S/c1-16-19(17(2)25(3)24-16)14-26-10-11-28-22(15-26)9-5-4-8-20(22)23-21(27)13-18-7-6-12-29-18/h6-7,12,20H,4-5,8-11,13-15H2,1-3H3,(H,23,27). The molecule has 7 heteroatoms. The summed E-state index contributed by atoms with van der Waals surface area (Å²) < 4.78 is 8.38. The predicted octanol–water partition coefficient (Wildman–Crippen LogP) is 2.97. The molecule has 2 aliphatic rings. The fourth-order valence-corrected chi connectivity index (χ4v) is 5.58. The Bertz CT molecular complexity index is 843. The zero-order valence-corrected chi connectivity index (χ0v) is 18.6. The van der Waals surface area contributed by atoms with Crippen LogP contribution in [0.3, 0.4) is 0 Å². The maximum atomic E-state index is 12.7. The van der Waals surface area contributed by atoms with Gasteiger partial charge in [-0.15, -0.1) is 11.3 Å². The Hall–Kier alpha value is -1.70. The SMILES string of the molecule is Cc1nn(C)c(C)c1CN1CCOC2(CCCCC2NC(=O)Cc2cccs2)C1. The summed E-state index contributed by atoms with van der Waals surface area (Å²) in [5, 5.41) is 9.92. The van der Waals surface area contributed by atoms with E-state index >= 15 is 0 Å². The van der Waals surface area contributed by atoms with E-state index in [1.165, 1.54) is 11.3 Å². The van der Waals surface area contributed by atoms with Gasteiger partial charge in [-0.2, -0.15) is 5.10 Å². The molecule has 2 unspecified atom stereocenters. The first-order valence-electron chi connectivity index (χ1n) is 10.6. The monoisotopic (exact) mass is 416 g/mol. The predicted molar refractivity (Wildman–Crippen MR) is 115 cm³/mol. The summed E-state index contributed by atoms with van der Waals surface area (Å²) in [6.45, 7) is 7.63. The lowest BCUT2D eigenvalue weighted by Crippen LogP contribution is -2.64. The fourth-order valence-electron chi connectivity index (χ4n) is 4.88. The Kier molecular flexibility index (Phi) is 6.08. The van der Waals surface area contributed by atoms with Gasteiger partial charge in [0.1, 0.15) is 5.60 Å². The van der Waals surface area contributed by atoms with Crippen LogP contribution in [0.4, 0.5) is 0 Å². The number of nitrogens with one attached hydrogen (secondary N) is 1. The lowest BCUT2D eigenvalue weighted by molar-refractivity contribution is -0.151. The van der Waals surface area contributed by atoms with Crippen molar-refractivity contribution >= 4 is 17.2 Å². The number of amides is 1. The van der Waals surface area contributed by atoms with Crippen molar-refractivity contribution in [2.75, 3.05) is 19.7 Å². The van der Waals surface area contributed by atoms with Crippen LogP contribution in [-0.4, -0.2) is 51.9 Å². The van der Waals surface area contributed by atoms with E-state index in [4.69, 9.17) is 4.74 Å². The van der Waals surface area contributed by atoms with Crippen molar-refractivity contribution in [3.8, 4) is 0 Å². The highest BCUT2D eigenvalue weighted by Gasteiger charge is 2.45. The lowest BCUT2D eigenvalue weighted by Gasteiger charge is -2.49. The minimum absolute atomic E-state index is 0.0857. The van der Waals surface area contributed by atoms with Gasteiger partial charge in [0.2, 0.25) is 5.91 Å². The molecule has 0 radical (unpaired) electrons. The number of carbonyl (C=O) groups excluding carboxylic acids is 1. The molecule has 1 amide bonds. The molecule has 1 saturated carbocycles. The third-order valence-electron chi connectivity index (χ3n) is 6.56. The normalized spacial score (nSPS) is 25.4. The number of thiophene rings is 1. The minimum Gasteiger partial charge on any atom is -0.370 e. The van der Waals surface area contributed by atoms with Gasteiger partial charge in [-0.3, -0.25) is 14.4 Å². The van der Waals surface area contributed by atoms with Crippen molar-refractivity contribution in [1.29, 1.82) is 0 Å². The summed E-state index contributed by atoms with van der Waals surface area (Å²) in [7, 11) is 2.01. The number of carbonyl (C=O) groups is 1. The average Bonchev–Trinajstić information content (AvgIpc) is 3.28. The van der Waals surface area contributed by atoms with Crippen molar-refractivity contribution < 1.29 is 9.53 Å². The van der Waals surface area contributed by atoms with Crippen molar-refractivity contribution in [2.45, 2.75) is 64.1 Å². The van der Waals surface area contributed by atoms with Gasteiger partial charge in [-0.05, 0) is 38.1 Å². The quantitative estimate of drug-likeness (QED) is 0.814. The Labute approximate surface area is 177 Å². The molecule has 1 N–H and O–H groups in total. The van der Waals surface area contributed by atoms with E-state index in [2.05, 4.69) is 29.2 Å². The van der Waals surface area contributed by atoms with E-state index < -0.39 is 0 Å². The molecule has 0 aromatic carbocycles. The largest absolute Gasteiger partial charge is 0.370 e. The first-order valence-corrected chi connectivity index (χ1v) is 11.5. The molecule has 1 spiro atoms. The molecule has 158 valence electrons. The third kappa shape index (κ3) is 4.42. The molecule has 1 aliphatic heterocycles. The van der Waals surface area contributed by atoms with Gasteiger partial charge in [-0.1, -0.05) is 18.9 Å². The average molecular weight is 417 g/mol. The highest BCUT2D eigenvalue weighted by Crippen LogP contribution is 2.35. The van der Waals surface area contributed by atoms with Crippen LogP contribution >= 0.6 is 11.3 Å². The van der Waals surface area contributed by atoms with Crippen LogP contribution in [0.25, 0.3) is 0 Å². The topological polar surface area (TPSA) is 59.4 Å². The number of aromatic nitrogens is 2. The second-order valence-corrected chi connectivity index (χ2v) is 9.55. The molecule has 3 heterocycles. The lowest BCUT2D eigenvalue weighted by atomic mass is 9.78. The van der Waals surface area contributed by atoms with E-state index in [1.54, 1.807) is 11.3 Å². The van der Waals surface area contributed by atoms with E-state index in [-0.39, 0.29) is 17.6 Å². The molecule has 2 fully saturated rings. The molecule has 4 rings (SSSR count). The van der Waals surface area contributed by atoms with Gasteiger partial charge in [-0.25, -0.2) is 0 Å². The van der Waals surface area contributed by atoms with Crippen LogP contribution in [-0.2, 0) is 29.5 Å². The Morgan fingerprint density at radius 2 is 2.28 bits per heavy atom. The molecule has 1 saturated heterocycles. The molecule has 2 aromatic rings. The van der Waals surface area contributed by atoms with Crippen LogP contribution in [0.15, 0.2) is 17.5 Å². The molecule has 1 aliphatic carbocycles. The van der Waals surface area contributed by atoms with E-state index in [9.17, 15) is 4.79 Å². The highest BCUT2D eigenvalue weighted by atomic mass is 32.1. The number of hydrogen-bond acceptors (Lipinski definition) is 5. The molecule has 6 nitrogen and oxygen atoms in total. The van der Waals surface area contributed by atoms with Crippen molar-refractivity contribution in [3.63, 3.8) is 0 Å². The van der Waals surface area contributed by atoms with Crippen LogP contribution < -0.4 is 5.32 Å². The zero-order valence-electron chi connectivity index (χ0n) is 17.7. The summed E-state index contributed by atoms with van der Waals surface area (Å²) in [5.74, 6) is 0.110. The maximum absolute atomic E-state index is 12.7. The summed E-state index contributed by atoms with van der Waals surface area (Å²) >= 11 is 1.64. The van der Waals surface area contributed by atoms with Gasteiger partial charge >= 0.3 is 0 Å². The van der Waals surface area contributed by atoms with Crippen molar-refractivity contribution in [2.24, 2.45) is 7.05 Å². The smallest absolute Gasteiger partial charge is 0.225 e. The number of hydrogen-bond donors (Lipinski definition) is 1. The van der Waals surface area contributed by atoms with Crippen LogP contribution in [0.1, 0.15) is 47.5 Å². The second-order valence-electron chi connectivity index (χ2n) is 8.52. The number of nitrogens with zero attached hydrogens (tertiary/aromatic N) is 3. The number of morpholine rings is 1. The molecule has 2 atom stereocenters. The summed E-state index contributed by atoms with van der Waals surface area (Å²) in [6.07, 6.45) is 4.78. The first kappa shape index (κ1) is 20.6. The molecule has 29 heavy (non-hydrogen) atoms. The molecular weight excluding hydrogens is 384 g/mol. The second kappa shape index (κ2) is 8.58. The summed E-state index contributed by atoms with van der Waals surface area (Å²) in [5.41, 5.74) is 3.38. The number of ether oxygens (including phenoxy) is 1. The Morgan fingerprint density at radius 1 is 1.41 bits per heavy atom. The Morgan fingerprint density at radius 3 is 3.00 bits per heavy atom. The van der Waals surface area contributed by atoms with Gasteiger partial charge in [0.05, 0.1) is 24.8 Å². The number of rotatable bonds is 5. The van der Waals surface area contributed by atoms with E-state index in [0.29, 0.717) is 6.42 Å². The zero-order chi connectivity index (χ0) is 20.4. The molecular formula is C22H32N4O2S. The van der Waals surface area contributed by atoms with Crippen molar-refractivity contribution in [1.82, 2.24) is 20.0 Å². The summed E-state index contributed by atoms with van der Waals surface area (Å²) in [4.78, 5) is 16.3. The van der Waals surface area contributed by atoms with Gasteiger partial charge in [0.25, 0.3) is 0 Å². The summed E-state index contributed by atoms with van der Waals surface area (Å²) in [6, 6.07) is 4.11. The first-order chi connectivity index (χ1) is 14.0. The van der Waals surface area contributed by atoms with Gasteiger partial charge in [0.15, 0.2) is 0 Å². The number of aryl methyl sites for hydroxylation is 2. The van der Waals surface area contributed by atoms with Crippen LogP contribution in [0.5, 0.6) is 0 Å². The molecule has 0 bridgehead atoms. The van der Waals surface area contributed by atoms with Gasteiger partial charge < -0.3 is 10.1 Å². The van der Waals surface area contributed by atoms with E-state index in [1.807, 2.05) is 29.2 Å². The maximum Gasteiger partial charge on any atom is 0.225 e.